The van der Waals surface area contributed by atoms with E-state index in [-0.39, 0.29) is 5.57 Å². The zero-order chi connectivity index (χ0) is 19.0. The van der Waals surface area contributed by atoms with E-state index in [1.165, 1.54) is 17.2 Å². The van der Waals surface area contributed by atoms with Gasteiger partial charge in [0.05, 0.1) is 0 Å². The second-order valence-electron chi connectivity index (χ2n) is 6.80. The first kappa shape index (κ1) is 21.4. The van der Waals surface area contributed by atoms with Crippen LogP contribution < -0.4 is 0 Å². The van der Waals surface area contributed by atoms with Crippen LogP contribution in [0, 0.1) is 11.8 Å². The molecule has 0 amide bonds. The summed E-state index contributed by atoms with van der Waals surface area (Å²) in [6, 6.07) is 0. The molecule has 0 spiro atoms. The normalized spacial score (nSPS) is 26.4. The molecule has 25 heavy (non-hydrogen) atoms. The topological polar surface area (TPSA) is 80.9 Å². The molecule has 0 aromatic carbocycles. The third kappa shape index (κ3) is 7.41. The van der Waals surface area contributed by atoms with Crippen LogP contribution in [-0.4, -0.2) is 44.8 Å². The molecule has 0 aromatic heterocycles. The van der Waals surface area contributed by atoms with Gasteiger partial charge in [0.1, 0.15) is 24.4 Å². The summed E-state index contributed by atoms with van der Waals surface area (Å²) >= 11 is 0. The Kier molecular flexibility index (Phi) is 8.88. The van der Waals surface area contributed by atoms with Gasteiger partial charge in [0.2, 0.25) is 0 Å². The van der Waals surface area contributed by atoms with Crippen LogP contribution in [0.15, 0.2) is 47.1 Å². The Balaban J connectivity index is 2.51. The van der Waals surface area contributed by atoms with Crippen molar-refractivity contribution in [1.29, 1.82) is 0 Å². The molecule has 0 aliphatic heterocycles. The standard InChI is InChI=1S/C21H30O4/c1-14(2)7-5-8-15(3)9-6-10-16(4)11-12-17-13-18(22)20(24)21(25)19(17)23/h7,9,13,18-25H,4-6,8,10H2,1-3H3. The molecule has 4 N–H and O–H groups in total. The molecule has 0 bridgehead atoms. The van der Waals surface area contributed by atoms with Crippen LogP contribution in [0.4, 0.5) is 0 Å². The maximum Gasteiger partial charge on any atom is 0.115 e. The van der Waals surface area contributed by atoms with Crippen molar-refractivity contribution in [3.63, 3.8) is 0 Å². The molecule has 0 aromatic rings. The average molecular weight is 346 g/mol. The zero-order valence-corrected chi connectivity index (χ0v) is 15.4. The van der Waals surface area contributed by atoms with E-state index in [1.54, 1.807) is 0 Å². The number of rotatable bonds is 6. The van der Waals surface area contributed by atoms with E-state index in [0.29, 0.717) is 6.42 Å². The van der Waals surface area contributed by atoms with E-state index in [9.17, 15) is 20.4 Å². The molecule has 0 heterocycles. The van der Waals surface area contributed by atoms with E-state index >= 15 is 0 Å². The predicted molar refractivity (Wildman–Crippen MR) is 101 cm³/mol. The molecule has 4 nitrogen and oxygen atoms in total. The maximum atomic E-state index is 9.87. The zero-order valence-electron chi connectivity index (χ0n) is 15.4. The highest BCUT2D eigenvalue weighted by Crippen LogP contribution is 2.20. The van der Waals surface area contributed by atoms with Crippen molar-refractivity contribution >= 4 is 0 Å². The van der Waals surface area contributed by atoms with Crippen molar-refractivity contribution in [3.05, 3.63) is 47.1 Å². The van der Waals surface area contributed by atoms with Gasteiger partial charge >= 0.3 is 0 Å². The van der Waals surface area contributed by atoms with Gasteiger partial charge in [-0.05, 0) is 58.1 Å². The molecule has 0 saturated carbocycles. The first-order valence-corrected chi connectivity index (χ1v) is 8.65. The second kappa shape index (κ2) is 10.4. The SMILES string of the molecule is C=C(C#CC1=CC(O)C(O)C(O)C1O)CCC=C(C)CCC=C(C)C. The van der Waals surface area contributed by atoms with Crippen LogP contribution in [0.2, 0.25) is 0 Å². The van der Waals surface area contributed by atoms with Crippen molar-refractivity contribution < 1.29 is 20.4 Å². The molecule has 4 heteroatoms. The van der Waals surface area contributed by atoms with Crippen molar-refractivity contribution in [3.8, 4) is 11.8 Å². The largest absolute Gasteiger partial charge is 0.387 e. The number of allylic oxidation sites excluding steroid dienone is 5. The fourth-order valence-electron chi connectivity index (χ4n) is 2.48. The van der Waals surface area contributed by atoms with Gasteiger partial charge in [-0.15, -0.1) is 0 Å². The van der Waals surface area contributed by atoms with Gasteiger partial charge in [0, 0.05) is 5.57 Å². The van der Waals surface area contributed by atoms with E-state index in [0.717, 1.165) is 24.8 Å². The Morgan fingerprint density at radius 1 is 1.04 bits per heavy atom. The molecule has 4 atom stereocenters. The minimum absolute atomic E-state index is 0.208. The van der Waals surface area contributed by atoms with Crippen LogP contribution in [0.3, 0.4) is 0 Å². The third-order valence-electron chi connectivity index (χ3n) is 4.11. The van der Waals surface area contributed by atoms with E-state index < -0.39 is 24.4 Å². The molecular formula is C21H30O4. The van der Waals surface area contributed by atoms with Gasteiger partial charge in [0.15, 0.2) is 0 Å². The fraction of sp³-hybridized carbons (Fsp3) is 0.524. The van der Waals surface area contributed by atoms with Gasteiger partial charge in [-0.1, -0.05) is 41.7 Å². The highest BCUT2D eigenvalue weighted by molar-refractivity contribution is 5.41. The molecular weight excluding hydrogens is 316 g/mol. The molecule has 0 saturated heterocycles. The van der Waals surface area contributed by atoms with Crippen molar-refractivity contribution in [2.24, 2.45) is 0 Å². The molecule has 138 valence electrons. The van der Waals surface area contributed by atoms with Crippen LogP contribution in [-0.2, 0) is 0 Å². The predicted octanol–water partition coefficient (Wildman–Crippen LogP) is 2.40. The molecule has 0 fully saturated rings. The molecule has 1 aliphatic rings. The van der Waals surface area contributed by atoms with Crippen LogP contribution in [0.1, 0.15) is 46.5 Å². The van der Waals surface area contributed by atoms with Crippen LogP contribution >= 0.6 is 0 Å². The summed E-state index contributed by atoms with van der Waals surface area (Å²) in [4.78, 5) is 0. The van der Waals surface area contributed by atoms with E-state index in [1.807, 2.05) is 0 Å². The maximum absolute atomic E-state index is 9.87. The Hall–Kier alpha value is -1.64. The number of aliphatic hydroxyl groups is 4. The third-order valence-corrected chi connectivity index (χ3v) is 4.11. The number of aliphatic hydroxyl groups excluding tert-OH is 4. The minimum Gasteiger partial charge on any atom is -0.387 e. The van der Waals surface area contributed by atoms with Crippen molar-refractivity contribution in [1.82, 2.24) is 0 Å². The fourth-order valence-corrected chi connectivity index (χ4v) is 2.48. The highest BCUT2D eigenvalue weighted by atomic mass is 16.4. The first-order valence-electron chi connectivity index (χ1n) is 8.65. The second-order valence-corrected chi connectivity index (χ2v) is 6.80. The lowest BCUT2D eigenvalue weighted by atomic mass is 9.89. The quantitative estimate of drug-likeness (QED) is 0.440. The van der Waals surface area contributed by atoms with Gasteiger partial charge in [0.25, 0.3) is 0 Å². The van der Waals surface area contributed by atoms with Gasteiger partial charge < -0.3 is 20.4 Å². The van der Waals surface area contributed by atoms with Gasteiger partial charge in [-0.3, -0.25) is 0 Å². The van der Waals surface area contributed by atoms with Gasteiger partial charge in [-0.25, -0.2) is 0 Å². The summed E-state index contributed by atoms with van der Waals surface area (Å²) in [6.45, 7) is 10.2. The highest BCUT2D eigenvalue weighted by Gasteiger charge is 2.35. The lowest BCUT2D eigenvalue weighted by molar-refractivity contribution is -0.0909. The molecule has 0 radical (unpaired) electrons. The number of hydrogen-bond donors (Lipinski definition) is 4. The monoisotopic (exact) mass is 346 g/mol. The summed E-state index contributed by atoms with van der Waals surface area (Å²) in [5.74, 6) is 5.59. The van der Waals surface area contributed by atoms with E-state index in [4.69, 9.17) is 0 Å². The lowest BCUT2D eigenvalue weighted by Crippen LogP contribution is -2.48. The smallest absolute Gasteiger partial charge is 0.115 e. The Labute approximate surface area is 150 Å². The summed E-state index contributed by atoms with van der Waals surface area (Å²) in [6.07, 6.45) is 3.97. The lowest BCUT2D eigenvalue weighted by Gasteiger charge is -2.30. The molecule has 1 rings (SSSR count). The van der Waals surface area contributed by atoms with E-state index in [2.05, 4.69) is 51.3 Å². The minimum atomic E-state index is -1.44. The Bertz CT molecular complexity index is 612. The Morgan fingerprint density at radius 3 is 2.32 bits per heavy atom. The van der Waals surface area contributed by atoms with Crippen LogP contribution in [0.5, 0.6) is 0 Å². The summed E-state index contributed by atoms with van der Waals surface area (Å²) in [5, 5.41) is 38.6. The van der Waals surface area contributed by atoms with Crippen LogP contribution in [0.25, 0.3) is 0 Å². The molecule has 4 unspecified atom stereocenters. The summed E-state index contributed by atoms with van der Waals surface area (Å²) < 4.78 is 0. The van der Waals surface area contributed by atoms with Crippen molar-refractivity contribution in [2.45, 2.75) is 70.9 Å². The van der Waals surface area contributed by atoms with Crippen molar-refractivity contribution in [2.75, 3.05) is 0 Å². The first-order chi connectivity index (χ1) is 11.7. The Morgan fingerprint density at radius 2 is 1.68 bits per heavy atom. The summed E-state index contributed by atoms with van der Waals surface area (Å²) in [7, 11) is 0. The van der Waals surface area contributed by atoms with Gasteiger partial charge in [-0.2, -0.15) is 0 Å². The molecule has 1 aliphatic carbocycles. The average Bonchev–Trinajstić information content (AvgIpc) is 2.54. The number of hydrogen-bond acceptors (Lipinski definition) is 4. The summed E-state index contributed by atoms with van der Waals surface area (Å²) in [5.41, 5.74) is 3.60.